The topological polar surface area (TPSA) is 124 Å². The zero-order valence-corrected chi connectivity index (χ0v) is 21.7. The molecule has 0 aliphatic rings. The molecule has 4 rings (SSSR count). The lowest BCUT2D eigenvalue weighted by Gasteiger charge is -2.18. The first-order valence-corrected chi connectivity index (χ1v) is 13.2. The fourth-order valence-corrected chi connectivity index (χ4v) is 4.71. The van der Waals surface area contributed by atoms with Crippen molar-refractivity contribution in [3.63, 3.8) is 0 Å². The van der Waals surface area contributed by atoms with Gasteiger partial charge in [-0.05, 0) is 54.6 Å². The Morgan fingerprint density at radius 3 is 2.34 bits per heavy atom. The first kappa shape index (κ1) is 26.9. The smallest absolute Gasteiger partial charge is 0.339 e. The minimum absolute atomic E-state index is 0.0214. The molecule has 1 amide bonds. The molecule has 2 N–H and O–H groups in total. The monoisotopic (exact) mass is 554 g/mol. The summed E-state index contributed by atoms with van der Waals surface area (Å²) in [5.74, 6) is -0.519. The van der Waals surface area contributed by atoms with Crippen LogP contribution in [0.2, 0.25) is 5.02 Å². The van der Waals surface area contributed by atoms with E-state index in [0.717, 1.165) is 0 Å². The molecular formula is C27H23ClN2O7S. The van der Waals surface area contributed by atoms with Crippen LogP contribution in [0.1, 0.15) is 27.8 Å². The van der Waals surface area contributed by atoms with Gasteiger partial charge in [-0.1, -0.05) is 41.9 Å². The van der Waals surface area contributed by atoms with E-state index < -0.39 is 28.0 Å². The molecule has 4 aromatic rings. The molecule has 0 aliphatic carbocycles. The van der Waals surface area contributed by atoms with Crippen molar-refractivity contribution < 1.29 is 31.9 Å². The molecule has 0 unspecified atom stereocenters. The third-order valence-electron chi connectivity index (χ3n) is 5.40. The number of hydrogen-bond donors (Lipinski definition) is 2. The van der Waals surface area contributed by atoms with Gasteiger partial charge in [-0.3, -0.25) is 4.79 Å². The fraction of sp³-hybridized carbons (Fsp3) is 0.111. The van der Waals surface area contributed by atoms with Crippen LogP contribution in [0.3, 0.4) is 0 Å². The van der Waals surface area contributed by atoms with E-state index in [1.807, 2.05) is 0 Å². The molecule has 0 radical (unpaired) electrons. The Balaban J connectivity index is 1.49. The van der Waals surface area contributed by atoms with Crippen LogP contribution in [0.15, 0.2) is 101 Å². The number of halogens is 1. The highest BCUT2D eigenvalue weighted by Crippen LogP contribution is 2.28. The highest BCUT2D eigenvalue weighted by molar-refractivity contribution is 7.89. The van der Waals surface area contributed by atoms with E-state index in [-0.39, 0.29) is 17.0 Å². The number of rotatable bonds is 10. The molecular weight excluding hydrogens is 532 g/mol. The van der Waals surface area contributed by atoms with Gasteiger partial charge in [0.25, 0.3) is 5.91 Å². The number of anilines is 1. The summed E-state index contributed by atoms with van der Waals surface area (Å²) in [7, 11) is -2.37. The number of benzene rings is 3. The number of hydrogen-bond acceptors (Lipinski definition) is 7. The van der Waals surface area contributed by atoms with Gasteiger partial charge in [0, 0.05) is 11.3 Å². The summed E-state index contributed by atoms with van der Waals surface area (Å²) in [4.78, 5) is 26.0. The number of carbonyl (C=O) groups is 2. The maximum Gasteiger partial charge on any atom is 0.339 e. The summed E-state index contributed by atoms with van der Waals surface area (Å²) in [5, 5.41) is 2.99. The first-order chi connectivity index (χ1) is 18.3. The SMILES string of the molecule is COc1ccc(NC(=O)[C@@H](OC(=O)c2ccc(S(=O)(=O)NCc3ccco3)cc2)c2ccccc2)cc1Cl. The molecule has 0 fully saturated rings. The van der Waals surface area contributed by atoms with Gasteiger partial charge in [-0.15, -0.1) is 0 Å². The predicted molar refractivity (Wildman–Crippen MR) is 140 cm³/mol. The third kappa shape index (κ3) is 6.60. The van der Waals surface area contributed by atoms with Crippen LogP contribution in [-0.2, 0) is 26.1 Å². The number of amides is 1. The molecule has 11 heteroatoms. The van der Waals surface area contributed by atoms with Crippen LogP contribution >= 0.6 is 11.6 Å². The number of methoxy groups -OCH3 is 1. The van der Waals surface area contributed by atoms with Gasteiger partial charge < -0.3 is 19.2 Å². The van der Waals surface area contributed by atoms with Crippen molar-refractivity contribution in [3.05, 3.63) is 113 Å². The van der Waals surface area contributed by atoms with Crippen molar-refractivity contribution in [2.75, 3.05) is 12.4 Å². The molecule has 0 aliphatic heterocycles. The van der Waals surface area contributed by atoms with E-state index in [0.29, 0.717) is 27.8 Å². The number of nitrogens with one attached hydrogen (secondary N) is 2. The van der Waals surface area contributed by atoms with Crippen LogP contribution in [0, 0.1) is 0 Å². The summed E-state index contributed by atoms with van der Waals surface area (Å²) >= 11 is 6.15. The molecule has 0 saturated heterocycles. The van der Waals surface area contributed by atoms with Crippen molar-refractivity contribution in [2.45, 2.75) is 17.5 Å². The molecule has 1 atom stereocenters. The molecule has 38 heavy (non-hydrogen) atoms. The Kier molecular flexibility index (Phi) is 8.47. The second kappa shape index (κ2) is 12.0. The van der Waals surface area contributed by atoms with E-state index in [9.17, 15) is 18.0 Å². The molecule has 196 valence electrons. The van der Waals surface area contributed by atoms with Crippen LogP contribution in [0.5, 0.6) is 5.75 Å². The largest absolute Gasteiger partial charge is 0.495 e. The average Bonchev–Trinajstić information content (AvgIpc) is 3.45. The predicted octanol–water partition coefficient (Wildman–Crippen LogP) is 4.96. The van der Waals surface area contributed by atoms with E-state index in [4.69, 9.17) is 25.5 Å². The summed E-state index contributed by atoms with van der Waals surface area (Å²) in [5.41, 5.74) is 0.893. The molecule has 9 nitrogen and oxygen atoms in total. The zero-order valence-electron chi connectivity index (χ0n) is 20.1. The lowest BCUT2D eigenvalue weighted by atomic mass is 10.1. The Bertz CT molecular complexity index is 1510. The number of ether oxygens (including phenoxy) is 2. The number of sulfonamides is 1. The van der Waals surface area contributed by atoms with Gasteiger partial charge in [0.15, 0.2) is 0 Å². The van der Waals surface area contributed by atoms with Crippen molar-refractivity contribution in [1.82, 2.24) is 4.72 Å². The summed E-state index contributed by atoms with van der Waals surface area (Å²) < 4.78 is 43.4. The molecule has 1 aromatic heterocycles. The van der Waals surface area contributed by atoms with Gasteiger partial charge in [-0.2, -0.15) is 0 Å². The molecule has 3 aromatic carbocycles. The maximum atomic E-state index is 13.1. The summed E-state index contributed by atoms with van der Waals surface area (Å²) in [6.07, 6.45) is 0.155. The van der Waals surface area contributed by atoms with E-state index in [1.54, 1.807) is 54.6 Å². The summed E-state index contributed by atoms with van der Waals surface area (Å²) in [6, 6.07) is 21.7. The highest BCUT2D eigenvalue weighted by Gasteiger charge is 2.26. The van der Waals surface area contributed by atoms with Gasteiger partial charge in [0.05, 0.1) is 35.4 Å². The maximum absolute atomic E-state index is 13.1. The Morgan fingerprint density at radius 2 is 1.71 bits per heavy atom. The van der Waals surface area contributed by atoms with Crippen molar-refractivity contribution in [3.8, 4) is 5.75 Å². The highest BCUT2D eigenvalue weighted by atomic mass is 35.5. The fourth-order valence-electron chi connectivity index (χ4n) is 3.46. The molecule has 1 heterocycles. The van der Waals surface area contributed by atoms with Crippen LogP contribution in [-0.4, -0.2) is 27.4 Å². The third-order valence-corrected chi connectivity index (χ3v) is 7.11. The molecule has 0 bridgehead atoms. The molecule has 0 spiro atoms. The molecule has 0 saturated carbocycles. The van der Waals surface area contributed by atoms with Crippen molar-refractivity contribution >= 4 is 39.2 Å². The van der Waals surface area contributed by atoms with Crippen LogP contribution in [0.25, 0.3) is 0 Å². The van der Waals surface area contributed by atoms with Gasteiger partial charge >= 0.3 is 5.97 Å². The van der Waals surface area contributed by atoms with E-state index in [1.165, 1.54) is 43.7 Å². The zero-order chi connectivity index (χ0) is 27.1. The quantitative estimate of drug-likeness (QED) is 0.266. The van der Waals surface area contributed by atoms with Gasteiger partial charge in [0.2, 0.25) is 16.1 Å². The average molecular weight is 555 g/mol. The second-order valence-corrected chi connectivity index (χ2v) is 10.1. The van der Waals surface area contributed by atoms with Crippen molar-refractivity contribution in [2.24, 2.45) is 0 Å². The number of carbonyl (C=O) groups excluding carboxylic acids is 2. The number of esters is 1. The van der Waals surface area contributed by atoms with Crippen LogP contribution < -0.4 is 14.8 Å². The Hall–Kier alpha value is -4.12. The van der Waals surface area contributed by atoms with Crippen molar-refractivity contribution in [1.29, 1.82) is 0 Å². The second-order valence-electron chi connectivity index (χ2n) is 7.96. The lowest BCUT2D eigenvalue weighted by molar-refractivity contribution is -0.125. The Labute approximate surface area is 224 Å². The summed E-state index contributed by atoms with van der Waals surface area (Å²) in [6.45, 7) is -0.0214. The van der Waals surface area contributed by atoms with E-state index >= 15 is 0 Å². The standard InChI is InChI=1S/C27H23ClN2O7S/c1-35-24-14-11-20(16-23(24)28)30-26(31)25(18-6-3-2-4-7-18)37-27(32)19-9-12-22(13-10-19)38(33,34)29-17-21-8-5-15-36-21/h2-16,25,29H,17H2,1H3,(H,30,31)/t25-/m0/s1. The van der Waals surface area contributed by atoms with E-state index in [2.05, 4.69) is 10.0 Å². The minimum atomic E-state index is -3.85. The number of furan rings is 1. The normalized spacial score (nSPS) is 11.9. The first-order valence-electron chi connectivity index (χ1n) is 11.3. The lowest BCUT2D eigenvalue weighted by Crippen LogP contribution is -2.26. The minimum Gasteiger partial charge on any atom is -0.495 e. The van der Waals surface area contributed by atoms with Gasteiger partial charge in [-0.25, -0.2) is 17.9 Å². The van der Waals surface area contributed by atoms with Crippen LogP contribution in [0.4, 0.5) is 5.69 Å². The van der Waals surface area contributed by atoms with Gasteiger partial charge in [0.1, 0.15) is 11.5 Å². The Morgan fingerprint density at radius 1 is 0.974 bits per heavy atom.